The molecule has 0 aliphatic heterocycles. The first-order valence-corrected chi connectivity index (χ1v) is 6.20. The van der Waals surface area contributed by atoms with Crippen LogP contribution in [0.4, 0.5) is 5.69 Å². The molecule has 2 N–H and O–H groups in total. The molecule has 1 aromatic rings. The lowest BCUT2D eigenvalue weighted by atomic mass is 10.3. The van der Waals surface area contributed by atoms with Crippen molar-refractivity contribution in [2.45, 2.75) is 0 Å². The second-order valence-corrected chi connectivity index (χ2v) is 4.28. The van der Waals surface area contributed by atoms with E-state index in [9.17, 15) is 0 Å². The summed E-state index contributed by atoms with van der Waals surface area (Å²) in [6.07, 6.45) is 2.01. The number of hydrogen-bond acceptors (Lipinski definition) is 2. The molecule has 5 heteroatoms. The normalized spacial score (nSPS) is 9.57. The molecule has 0 aliphatic carbocycles. The molecule has 0 unspecified atom stereocenters. The second-order valence-electron chi connectivity index (χ2n) is 2.57. The van der Waals surface area contributed by atoms with E-state index in [0.29, 0.717) is 5.11 Å². The summed E-state index contributed by atoms with van der Waals surface area (Å²) in [4.78, 5) is 0. The van der Waals surface area contributed by atoms with Crippen molar-refractivity contribution in [1.29, 1.82) is 0 Å². The first-order chi connectivity index (χ1) is 6.72. The summed E-state index contributed by atoms with van der Waals surface area (Å²) in [7, 11) is 0. The SMILES string of the molecule is CSCNC(=S)Nc1ccc(Cl)cc1. The molecule has 0 saturated carbocycles. The fraction of sp³-hybridized carbons (Fsp3) is 0.222. The van der Waals surface area contributed by atoms with Gasteiger partial charge in [-0.2, -0.15) is 0 Å². The van der Waals surface area contributed by atoms with Gasteiger partial charge in [0.2, 0.25) is 0 Å². The van der Waals surface area contributed by atoms with Gasteiger partial charge >= 0.3 is 0 Å². The predicted octanol–water partition coefficient (Wildman–Crippen LogP) is 2.95. The molecule has 0 aromatic heterocycles. The highest BCUT2D eigenvalue weighted by Crippen LogP contribution is 2.13. The van der Waals surface area contributed by atoms with Gasteiger partial charge in [0.1, 0.15) is 0 Å². The van der Waals surface area contributed by atoms with Crippen molar-refractivity contribution in [2.24, 2.45) is 0 Å². The van der Waals surface area contributed by atoms with Crippen LogP contribution in [0, 0.1) is 0 Å². The largest absolute Gasteiger partial charge is 0.353 e. The Morgan fingerprint density at radius 3 is 2.64 bits per heavy atom. The zero-order valence-corrected chi connectivity index (χ0v) is 10.1. The van der Waals surface area contributed by atoms with E-state index in [0.717, 1.165) is 16.6 Å². The topological polar surface area (TPSA) is 24.1 Å². The summed E-state index contributed by atoms with van der Waals surface area (Å²) in [6.45, 7) is 0. The molecular formula is C9H11ClN2S2. The van der Waals surface area contributed by atoms with Crippen LogP contribution in [0.2, 0.25) is 5.02 Å². The predicted molar refractivity (Wildman–Crippen MR) is 69.2 cm³/mol. The van der Waals surface area contributed by atoms with Crippen molar-refractivity contribution >= 4 is 46.4 Å². The molecule has 0 atom stereocenters. The van der Waals surface area contributed by atoms with Crippen molar-refractivity contribution in [3.05, 3.63) is 29.3 Å². The van der Waals surface area contributed by atoms with Crippen molar-refractivity contribution in [3.63, 3.8) is 0 Å². The first kappa shape index (κ1) is 11.6. The minimum absolute atomic E-state index is 0.627. The van der Waals surface area contributed by atoms with Gasteiger partial charge < -0.3 is 10.6 Å². The number of thiocarbonyl (C=S) groups is 1. The summed E-state index contributed by atoms with van der Waals surface area (Å²) in [6, 6.07) is 7.41. The third kappa shape index (κ3) is 4.17. The van der Waals surface area contributed by atoms with Crippen molar-refractivity contribution in [1.82, 2.24) is 5.32 Å². The van der Waals surface area contributed by atoms with E-state index in [4.69, 9.17) is 23.8 Å². The third-order valence-corrected chi connectivity index (χ3v) is 2.41. The second kappa shape index (κ2) is 6.11. The number of benzene rings is 1. The highest BCUT2D eigenvalue weighted by molar-refractivity contribution is 7.98. The number of thioether (sulfide) groups is 1. The van der Waals surface area contributed by atoms with Gasteiger partial charge in [-0.3, -0.25) is 0 Å². The minimum Gasteiger partial charge on any atom is -0.353 e. The third-order valence-electron chi connectivity index (χ3n) is 1.48. The molecule has 0 fully saturated rings. The Morgan fingerprint density at radius 1 is 1.43 bits per heavy atom. The fourth-order valence-electron chi connectivity index (χ4n) is 0.846. The molecule has 1 rings (SSSR count). The number of anilines is 1. The van der Waals surface area contributed by atoms with Gasteiger partial charge in [-0.05, 0) is 42.7 Å². The Balaban J connectivity index is 2.44. The number of halogens is 1. The van der Waals surface area contributed by atoms with Crippen LogP contribution < -0.4 is 10.6 Å². The van der Waals surface area contributed by atoms with Gasteiger partial charge in [0.15, 0.2) is 5.11 Å². The van der Waals surface area contributed by atoms with Crippen LogP contribution in [0.3, 0.4) is 0 Å². The molecule has 0 bridgehead atoms. The van der Waals surface area contributed by atoms with Gasteiger partial charge in [0.05, 0.1) is 5.88 Å². The van der Waals surface area contributed by atoms with Crippen molar-refractivity contribution in [3.8, 4) is 0 Å². The Hall–Kier alpha value is -0.450. The fourth-order valence-corrected chi connectivity index (χ4v) is 1.54. The smallest absolute Gasteiger partial charge is 0.171 e. The van der Waals surface area contributed by atoms with E-state index in [1.807, 2.05) is 30.5 Å². The van der Waals surface area contributed by atoms with E-state index in [-0.39, 0.29) is 0 Å². The van der Waals surface area contributed by atoms with Crippen LogP contribution in [-0.4, -0.2) is 17.2 Å². The highest BCUT2D eigenvalue weighted by atomic mass is 35.5. The molecule has 0 aliphatic rings. The number of rotatable bonds is 3. The van der Waals surface area contributed by atoms with Crippen LogP contribution >= 0.6 is 35.6 Å². The maximum atomic E-state index is 5.75. The van der Waals surface area contributed by atoms with Gasteiger partial charge in [-0.25, -0.2) is 0 Å². The van der Waals surface area contributed by atoms with E-state index in [1.165, 1.54) is 0 Å². The average Bonchev–Trinajstić information content (AvgIpc) is 2.18. The molecule has 0 radical (unpaired) electrons. The van der Waals surface area contributed by atoms with Crippen LogP contribution in [0.15, 0.2) is 24.3 Å². The zero-order chi connectivity index (χ0) is 10.4. The van der Waals surface area contributed by atoms with E-state index >= 15 is 0 Å². The Bertz CT molecular complexity index is 300. The van der Waals surface area contributed by atoms with Gasteiger partial charge in [0.25, 0.3) is 0 Å². The van der Waals surface area contributed by atoms with Gasteiger partial charge in [-0.1, -0.05) is 11.6 Å². The molecule has 14 heavy (non-hydrogen) atoms. The van der Waals surface area contributed by atoms with Crippen LogP contribution in [-0.2, 0) is 0 Å². The molecule has 1 aromatic carbocycles. The Kier molecular flexibility index (Phi) is 5.07. The Morgan fingerprint density at radius 2 is 2.07 bits per heavy atom. The lowest BCUT2D eigenvalue weighted by Crippen LogP contribution is -2.27. The van der Waals surface area contributed by atoms with Gasteiger partial charge in [0, 0.05) is 10.7 Å². The van der Waals surface area contributed by atoms with Crippen LogP contribution in [0.5, 0.6) is 0 Å². The molecule has 0 spiro atoms. The highest BCUT2D eigenvalue weighted by Gasteiger charge is 1.95. The van der Waals surface area contributed by atoms with E-state index in [2.05, 4.69) is 10.6 Å². The average molecular weight is 247 g/mol. The Labute approximate surface area is 98.4 Å². The first-order valence-electron chi connectivity index (χ1n) is 4.01. The van der Waals surface area contributed by atoms with Crippen molar-refractivity contribution in [2.75, 3.05) is 17.4 Å². The summed E-state index contributed by atoms with van der Waals surface area (Å²) in [5.41, 5.74) is 0.938. The maximum absolute atomic E-state index is 5.75. The summed E-state index contributed by atoms with van der Waals surface area (Å²) >= 11 is 12.5. The standard InChI is InChI=1S/C9H11ClN2S2/c1-14-6-11-9(13)12-8-4-2-7(10)3-5-8/h2-5H,6H2,1H3,(H2,11,12,13). The van der Waals surface area contributed by atoms with E-state index < -0.39 is 0 Å². The van der Waals surface area contributed by atoms with Crippen LogP contribution in [0.1, 0.15) is 0 Å². The molecular weight excluding hydrogens is 236 g/mol. The summed E-state index contributed by atoms with van der Waals surface area (Å²) in [5, 5.41) is 7.45. The molecule has 2 nitrogen and oxygen atoms in total. The summed E-state index contributed by atoms with van der Waals surface area (Å²) < 4.78 is 0. The van der Waals surface area contributed by atoms with Crippen LogP contribution in [0.25, 0.3) is 0 Å². The lowest BCUT2D eigenvalue weighted by molar-refractivity contribution is 1.15. The molecule has 0 saturated heterocycles. The molecule has 0 amide bonds. The quantitative estimate of drug-likeness (QED) is 0.633. The minimum atomic E-state index is 0.627. The lowest BCUT2D eigenvalue weighted by Gasteiger charge is -2.08. The number of nitrogens with one attached hydrogen (secondary N) is 2. The van der Waals surface area contributed by atoms with Crippen molar-refractivity contribution < 1.29 is 0 Å². The molecule has 76 valence electrons. The monoisotopic (exact) mass is 246 g/mol. The summed E-state index contributed by atoms with van der Waals surface area (Å²) in [5.74, 6) is 0.805. The van der Waals surface area contributed by atoms with Gasteiger partial charge in [-0.15, -0.1) is 11.8 Å². The molecule has 0 heterocycles. The van der Waals surface area contributed by atoms with E-state index in [1.54, 1.807) is 11.8 Å². The maximum Gasteiger partial charge on any atom is 0.171 e. The number of hydrogen-bond donors (Lipinski definition) is 2. The zero-order valence-electron chi connectivity index (χ0n) is 7.71.